The van der Waals surface area contributed by atoms with Gasteiger partial charge in [0.1, 0.15) is 0 Å². The van der Waals surface area contributed by atoms with Gasteiger partial charge in [-0.3, -0.25) is 9.59 Å². The Labute approximate surface area is 186 Å². The minimum absolute atomic E-state index is 0.0129. The third-order valence-electron chi connectivity index (χ3n) is 6.45. The molecule has 0 radical (unpaired) electrons. The highest BCUT2D eigenvalue weighted by Crippen LogP contribution is 2.41. The number of aromatic nitrogens is 1. The number of hydrogen-bond acceptors (Lipinski definition) is 5. The highest BCUT2D eigenvalue weighted by atomic mass is 32.2. The maximum atomic E-state index is 13.6. The summed E-state index contributed by atoms with van der Waals surface area (Å²) < 4.78 is 30.5. The zero-order valence-electron chi connectivity index (χ0n) is 17.5. The van der Waals surface area contributed by atoms with Gasteiger partial charge in [0.15, 0.2) is 0 Å². The Kier molecular flexibility index (Phi) is 5.02. The smallest absolute Gasteiger partial charge is 0.250 e. The average molecular weight is 460 g/mol. The molecule has 0 saturated carbocycles. The molecule has 0 aliphatic carbocycles. The van der Waals surface area contributed by atoms with Crippen LogP contribution in [0, 0.1) is 5.92 Å². The molecule has 4 heterocycles. The lowest BCUT2D eigenvalue weighted by Gasteiger charge is -2.42. The number of nitrogens with zero attached hydrogens (tertiary/aromatic N) is 3. The minimum Gasteiger partial charge on any atom is -0.312 e. The lowest BCUT2D eigenvalue weighted by molar-refractivity contribution is -0.116. The summed E-state index contributed by atoms with van der Waals surface area (Å²) in [6.45, 7) is 5.45. The monoisotopic (exact) mass is 459 g/mol. The number of sulfonamides is 1. The van der Waals surface area contributed by atoms with Gasteiger partial charge in [-0.05, 0) is 36.6 Å². The zero-order valence-corrected chi connectivity index (χ0v) is 19.2. The second kappa shape index (κ2) is 7.50. The van der Waals surface area contributed by atoms with Gasteiger partial charge in [-0.2, -0.15) is 4.31 Å². The first kappa shape index (κ1) is 20.8. The number of thioether (sulfide) groups is 1. The molecule has 2 aromatic rings. The number of benzene rings is 1. The Morgan fingerprint density at radius 3 is 2.68 bits per heavy atom. The Morgan fingerprint density at radius 2 is 1.90 bits per heavy atom. The Morgan fingerprint density at radius 1 is 1.10 bits per heavy atom. The molecule has 0 unspecified atom stereocenters. The molecule has 3 aliphatic rings. The minimum atomic E-state index is -3.71. The van der Waals surface area contributed by atoms with Crippen molar-refractivity contribution in [1.29, 1.82) is 0 Å². The van der Waals surface area contributed by atoms with Gasteiger partial charge in [-0.1, -0.05) is 13.0 Å². The maximum absolute atomic E-state index is 13.6. The second-order valence-corrected chi connectivity index (χ2v) is 12.1. The van der Waals surface area contributed by atoms with Crippen LogP contribution < -0.4 is 10.5 Å². The van der Waals surface area contributed by atoms with Gasteiger partial charge in [-0.25, -0.2) is 8.42 Å². The molecule has 1 amide bonds. The molecule has 164 valence electrons. The Bertz CT molecular complexity index is 1220. The predicted molar refractivity (Wildman–Crippen MR) is 120 cm³/mol. The largest absolute Gasteiger partial charge is 0.312 e. The second-order valence-electron chi connectivity index (χ2n) is 8.71. The third kappa shape index (κ3) is 3.52. The molecule has 1 aromatic heterocycles. The SMILES string of the molecule is CC(=O)N1C[C@H](C)Sc2ccc(S(=O)(=O)N3C[C@H]4C[C@@H](C3)c3cccc(=O)n3C4)cc21. The molecule has 31 heavy (non-hydrogen) atoms. The molecule has 7 nitrogen and oxygen atoms in total. The number of pyridine rings is 1. The van der Waals surface area contributed by atoms with Crippen molar-refractivity contribution in [3.63, 3.8) is 0 Å². The van der Waals surface area contributed by atoms with Crippen molar-refractivity contribution in [2.75, 3.05) is 24.5 Å². The maximum Gasteiger partial charge on any atom is 0.250 e. The number of fused-ring (bicyclic) bond motifs is 5. The molecule has 1 fully saturated rings. The molecule has 3 aliphatic heterocycles. The number of piperidine rings is 1. The van der Waals surface area contributed by atoms with Gasteiger partial charge in [-0.15, -0.1) is 11.8 Å². The van der Waals surface area contributed by atoms with Crippen LogP contribution in [0.2, 0.25) is 0 Å². The highest BCUT2D eigenvalue weighted by Gasteiger charge is 2.40. The molecule has 1 saturated heterocycles. The highest BCUT2D eigenvalue weighted by molar-refractivity contribution is 8.00. The first-order valence-corrected chi connectivity index (χ1v) is 12.8. The number of carbonyl (C=O) groups is 1. The van der Waals surface area contributed by atoms with Crippen molar-refractivity contribution in [3.05, 3.63) is 52.4 Å². The van der Waals surface area contributed by atoms with E-state index < -0.39 is 10.0 Å². The van der Waals surface area contributed by atoms with E-state index in [1.165, 1.54) is 6.92 Å². The van der Waals surface area contributed by atoms with Crippen molar-refractivity contribution in [2.24, 2.45) is 5.92 Å². The first-order valence-electron chi connectivity index (χ1n) is 10.5. The topological polar surface area (TPSA) is 79.7 Å². The molecule has 2 bridgehead atoms. The van der Waals surface area contributed by atoms with Crippen LogP contribution >= 0.6 is 11.8 Å². The van der Waals surface area contributed by atoms with Crippen molar-refractivity contribution < 1.29 is 13.2 Å². The average Bonchev–Trinajstić information content (AvgIpc) is 2.73. The number of hydrogen-bond donors (Lipinski definition) is 0. The van der Waals surface area contributed by atoms with Crippen LogP contribution in [0.3, 0.4) is 0 Å². The van der Waals surface area contributed by atoms with E-state index in [-0.39, 0.29) is 33.4 Å². The van der Waals surface area contributed by atoms with Crippen LogP contribution in [0.4, 0.5) is 5.69 Å². The summed E-state index contributed by atoms with van der Waals surface area (Å²) in [7, 11) is -3.71. The van der Waals surface area contributed by atoms with E-state index in [1.807, 2.05) is 12.1 Å². The normalized spacial score (nSPS) is 25.6. The fourth-order valence-electron chi connectivity index (χ4n) is 5.07. The van der Waals surface area contributed by atoms with E-state index >= 15 is 0 Å². The lowest BCUT2D eigenvalue weighted by atomic mass is 9.84. The number of amides is 1. The molecule has 0 spiro atoms. The van der Waals surface area contributed by atoms with Gasteiger partial charge in [0, 0.05) is 60.9 Å². The Hall–Kier alpha value is -2.10. The van der Waals surface area contributed by atoms with Crippen LogP contribution in [0.5, 0.6) is 0 Å². The predicted octanol–water partition coefficient (Wildman–Crippen LogP) is 2.50. The van der Waals surface area contributed by atoms with Crippen molar-refractivity contribution in [2.45, 2.75) is 47.8 Å². The third-order valence-corrected chi connectivity index (χ3v) is 9.43. The molecule has 5 rings (SSSR count). The standard InChI is InChI=1S/C22H25N3O4S2/c1-14-10-24(15(2)26)20-9-18(6-7-21(20)30-14)31(28,29)23-11-16-8-17(13-23)19-4-3-5-22(27)25(19)12-16/h3-7,9,14,16-17H,8,10-13H2,1-2H3/t14-,16+,17-/m0/s1. The van der Waals surface area contributed by atoms with E-state index in [9.17, 15) is 18.0 Å². The van der Waals surface area contributed by atoms with Crippen LogP contribution in [-0.2, 0) is 21.4 Å². The molecular formula is C22H25N3O4S2. The summed E-state index contributed by atoms with van der Waals surface area (Å²) >= 11 is 1.66. The van der Waals surface area contributed by atoms with E-state index in [4.69, 9.17) is 0 Å². The lowest BCUT2D eigenvalue weighted by Crippen LogP contribution is -2.49. The van der Waals surface area contributed by atoms with Gasteiger partial charge in [0.05, 0.1) is 10.6 Å². The summed E-state index contributed by atoms with van der Waals surface area (Å²) in [5.74, 6) is 0.0419. The van der Waals surface area contributed by atoms with Gasteiger partial charge in [0.25, 0.3) is 5.56 Å². The summed E-state index contributed by atoms with van der Waals surface area (Å²) in [4.78, 5) is 27.2. The van der Waals surface area contributed by atoms with E-state index in [0.717, 1.165) is 17.0 Å². The van der Waals surface area contributed by atoms with Crippen molar-refractivity contribution >= 4 is 33.4 Å². The van der Waals surface area contributed by atoms with Crippen molar-refractivity contribution in [1.82, 2.24) is 8.87 Å². The van der Waals surface area contributed by atoms with Crippen LogP contribution in [-0.4, -0.2) is 48.1 Å². The fraction of sp³-hybridized carbons (Fsp3) is 0.455. The van der Waals surface area contributed by atoms with E-state index in [1.54, 1.807) is 49.8 Å². The quantitative estimate of drug-likeness (QED) is 0.690. The summed E-state index contributed by atoms with van der Waals surface area (Å²) in [5, 5.41) is 0.254. The summed E-state index contributed by atoms with van der Waals surface area (Å²) in [6.07, 6.45) is 0.895. The molecular weight excluding hydrogens is 434 g/mol. The fourth-order valence-corrected chi connectivity index (χ4v) is 7.75. The van der Waals surface area contributed by atoms with Crippen LogP contribution in [0.1, 0.15) is 31.9 Å². The molecule has 1 aromatic carbocycles. The van der Waals surface area contributed by atoms with Gasteiger partial charge < -0.3 is 9.47 Å². The number of rotatable bonds is 2. The van der Waals surface area contributed by atoms with Gasteiger partial charge >= 0.3 is 0 Å². The van der Waals surface area contributed by atoms with Crippen molar-refractivity contribution in [3.8, 4) is 0 Å². The van der Waals surface area contributed by atoms with E-state index in [2.05, 4.69) is 6.92 Å². The van der Waals surface area contributed by atoms with Crippen LogP contribution in [0.25, 0.3) is 0 Å². The van der Waals surface area contributed by atoms with Gasteiger partial charge in [0.2, 0.25) is 15.9 Å². The number of carbonyl (C=O) groups excluding carboxylic acids is 1. The Balaban J connectivity index is 1.49. The summed E-state index contributed by atoms with van der Waals surface area (Å²) in [5.41, 5.74) is 1.57. The van der Waals surface area contributed by atoms with E-state index in [0.29, 0.717) is 31.9 Å². The summed E-state index contributed by atoms with van der Waals surface area (Å²) in [6, 6.07) is 10.4. The molecule has 9 heteroatoms. The molecule has 3 atom stereocenters. The molecule has 0 N–H and O–H groups in total. The zero-order chi connectivity index (χ0) is 21.9. The van der Waals surface area contributed by atoms with Crippen LogP contribution in [0.15, 0.2) is 51.0 Å². The number of anilines is 1. The first-order chi connectivity index (χ1) is 14.7.